The van der Waals surface area contributed by atoms with Crippen LogP contribution in [0.2, 0.25) is 5.02 Å². The van der Waals surface area contributed by atoms with E-state index in [1.165, 1.54) is 0 Å². The maximum Gasteiger partial charge on any atom is 0.137 e. The fraction of sp³-hybridized carbons (Fsp3) is 0.385. The molecule has 0 aliphatic carbocycles. The van der Waals surface area contributed by atoms with Crippen molar-refractivity contribution < 1.29 is 0 Å². The van der Waals surface area contributed by atoms with Crippen LogP contribution in [-0.2, 0) is 0 Å². The first-order valence-electron chi connectivity index (χ1n) is 6.03. The van der Waals surface area contributed by atoms with Crippen LogP contribution in [0.15, 0.2) is 24.5 Å². The first-order chi connectivity index (χ1) is 8.70. The summed E-state index contributed by atoms with van der Waals surface area (Å²) in [6, 6.07) is 5.65. The van der Waals surface area contributed by atoms with Gasteiger partial charge in [0.2, 0.25) is 0 Å². The van der Waals surface area contributed by atoms with E-state index in [1.807, 2.05) is 18.2 Å². The molecule has 1 aromatic heterocycles. The molecule has 1 aromatic carbocycles. The van der Waals surface area contributed by atoms with Crippen molar-refractivity contribution in [3.8, 4) is 0 Å². The van der Waals surface area contributed by atoms with Crippen molar-refractivity contribution in [1.82, 2.24) is 14.9 Å². The third-order valence-electron chi connectivity index (χ3n) is 2.92. The Morgan fingerprint density at radius 3 is 2.94 bits per heavy atom. The smallest absolute Gasteiger partial charge is 0.137 e. The molecule has 0 unspecified atom stereocenters. The lowest BCUT2D eigenvalue weighted by Gasteiger charge is -2.14. The predicted octanol–water partition coefficient (Wildman–Crippen LogP) is 2.65. The molecule has 5 heteroatoms. The van der Waals surface area contributed by atoms with Gasteiger partial charge in [0, 0.05) is 23.5 Å². The van der Waals surface area contributed by atoms with Crippen LogP contribution in [0.5, 0.6) is 0 Å². The van der Waals surface area contributed by atoms with Gasteiger partial charge in [-0.2, -0.15) is 0 Å². The molecule has 0 bridgehead atoms. The standard InChI is InChI=1S/C13H17ClN4/c1-3-18(2)7-6-15-13-11-5-4-10(14)8-12(11)16-9-17-13/h4-5,8-9H,3,6-7H2,1-2H3,(H,15,16,17). The monoisotopic (exact) mass is 264 g/mol. The molecule has 0 aliphatic rings. The van der Waals surface area contributed by atoms with Crippen LogP contribution in [0, 0.1) is 0 Å². The first-order valence-corrected chi connectivity index (χ1v) is 6.41. The van der Waals surface area contributed by atoms with Crippen LogP contribution < -0.4 is 5.32 Å². The molecule has 96 valence electrons. The lowest BCUT2D eigenvalue weighted by Crippen LogP contribution is -2.25. The zero-order valence-electron chi connectivity index (χ0n) is 10.7. The Morgan fingerprint density at radius 2 is 2.17 bits per heavy atom. The summed E-state index contributed by atoms with van der Waals surface area (Å²) in [6.45, 7) is 5.03. The first kappa shape index (κ1) is 13.1. The van der Waals surface area contributed by atoms with E-state index >= 15 is 0 Å². The molecule has 0 fully saturated rings. The number of likely N-dealkylation sites (N-methyl/N-ethyl adjacent to an activating group) is 1. The van der Waals surface area contributed by atoms with E-state index < -0.39 is 0 Å². The molecule has 4 nitrogen and oxygen atoms in total. The summed E-state index contributed by atoms with van der Waals surface area (Å²) in [7, 11) is 2.10. The Balaban J connectivity index is 2.13. The van der Waals surface area contributed by atoms with Crippen LogP contribution in [0.3, 0.4) is 0 Å². The summed E-state index contributed by atoms with van der Waals surface area (Å²) in [4.78, 5) is 10.7. The SMILES string of the molecule is CCN(C)CCNc1ncnc2cc(Cl)ccc12. The summed E-state index contributed by atoms with van der Waals surface area (Å²) in [5.41, 5.74) is 0.865. The zero-order chi connectivity index (χ0) is 13.0. The van der Waals surface area contributed by atoms with Crippen molar-refractivity contribution in [3.63, 3.8) is 0 Å². The van der Waals surface area contributed by atoms with Gasteiger partial charge in [0.05, 0.1) is 5.52 Å². The fourth-order valence-electron chi connectivity index (χ4n) is 1.69. The third kappa shape index (κ3) is 3.09. The van der Waals surface area contributed by atoms with Gasteiger partial charge in [-0.15, -0.1) is 0 Å². The highest BCUT2D eigenvalue weighted by molar-refractivity contribution is 6.31. The van der Waals surface area contributed by atoms with Crippen molar-refractivity contribution in [1.29, 1.82) is 0 Å². The van der Waals surface area contributed by atoms with Gasteiger partial charge in [-0.1, -0.05) is 18.5 Å². The average molecular weight is 265 g/mol. The van der Waals surface area contributed by atoms with Gasteiger partial charge in [0.25, 0.3) is 0 Å². The summed E-state index contributed by atoms with van der Waals surface area (Å²) in [5, 5.41) is 5.03. The summed E-state index contributed by atoms with van der Waals surface area (Å²) < 4.78 is 0. The van der Waals surface area contributed by atoms with Crippen molar-refractivity contribution in [2.24, 2.45) is 0 Å². The summed E-state index contributed by atoms with van der Waals surface area (Å²) in [6.07, 6.45) is 1.56. The van der Waals surface area contributed by atoms with Crippen LogP contribution in [-0.4, -0.2) is 41.5 Å². The highest BCUT2D eigenvalue weighted by atomic mass is 35.5. The lowest BCUT2D eigenvalue weighted by molar-refractivity contribution is 0.367. The Labute approximate surface area is 112 Å². The molecule has 0 spiro atoms. The maximum absolute atomic E-state index is 5.95. The number of aromatic nitrogens is 2. The number of anilines is 1. The average Bonchev–Trinajstić information content (AvgIpc) is 2.38. The quantitative estimate of drug-likeness (QED) is 0.901. The molecule has 0 radical (unpaired) electrons. The van der Waals surface area contributed by atoms with Gasteiger partial charge in [-0.25, -0.2) is 9.97 Å². The number of rotatable bonds is 5. The second-order valence-electron chi connectivity index (χ2n) is 4.21. The molecule has 1 heterocycles. The van der Waals surface area contributed by atoms with Gasteiger partial charge < -0.3 is 10.2 Å². The maximum atomic E-state index is 5.95. The van der Waals surface area contributed by atoms with Crippen molar-refractivity contribution in [2.45, 2.75) is 6.92 Å². The number of benzene rings is 1. The van der Waals surface area contributed by atoms with Gasteiger partial charge in [0.15, 0.2) is 0 Å². The molecule has 0 aliphatic heterocycles. The number of halogens is 1. The minimum atomic E-state index is 0.692. The zero-order valence-corrected chi connectivity index (χ0v) is 11.4. The molecule has 0 atom stereocenters. The lowest BCUT2D eigenvalue weighted by atomic mass is 10.2. The number of nitrogens with one attached hydrogen (secondary N) is 1. The van der Waals surface area contributed by atoms with Gasteiger partial charge in [-0.05, 0) is 31.8 Å². The number of nitrogens with zero attached hydrogens (tertiary/aromatic N) is 3. The van der Waals surface area contributed by atoms with Crippen molar-refractivity contribution in [3.05, 3.63) is 29.5 Å². The topological polar surface area (TPSA) is 41.0 Å². The van der Waals surface area contributed by atoms with Crippen LogP contribution in [0.4, 0.5) is 5.82 Å². The molecule has 18 heavy (non-hydrogen) atoms. The highest BCUT2D eigenvalue weighted by Crippen LogP contribution is 2.22. The second-order valence-corrected chi connectivity index (χ2v) is 4.64. The molecule has 0 saturated carbocycles. The van der Waals surface area contributed by atoms with E-state index in [0.29, 0.717) is 5.02 Å². The Hall–Kier alpha value is -1.39. The molecule has 0 saturated heterocycles. The number of hydrogen-bond acceptors (Lipinski definition) is 4. The third-order valence-corrected chi connectivity index (χ3v) is 3.16. The number of hydrogen-bond donors (Lipinski definition) is 1. The van der Waals surface area contributed by atoms with E-state index in [-0.39, 0.29) is 0 Å². The van der Waals surface area contributed by atoms with Gasteiger partial charge >= 0.3 is 0 Å². The molecule has 1 N–H and O–H groups in total. The van der Waals surface area contributed by atoms with Gasteiger partial charge in [-0.3, -0.25) is 0 Å². The Morgan fingerprint density at radius 1 is 1.33 bits per heavy atom. The van der Waals surface area contributed by atoms with E-state index in [4.69, 9.17) is 11.6 Å². The van der Waals surface area contributed by atoms with Gasteiger partial charge in [0.1, 0.15) is 12.1 Å². The van der Waals surface area contributed by atoms with Crippen LogP contribution in [0.25, 0.3) is 10.9 Å². The fourth-order valence-corrected chi connectivity index (χ4v) is 1.86. The highest BCUT2D eigenvalue weighted by Gasteiger charge is 2.03. The Bertz CT molecular complexity index is 529. The summed E-state index contributed by atoms with van der Waals surface area (Å²) >= 11 is 5.95. The molecule has 2 aromatic rings. The van der Waals surface area contributed by atoms with Crippen molar-refractivity contribution >= 4 is 28.3 Å². The second kappa shape index (κ2) is 5.98. The largest absolute Gasteiger partial charge is 0.368 e. The molecule has 0 amide bonds. The summed E-state index contributed by atoms with van der Waals surface area (Å²) in [5.74, 6) is 0.862. The molecular weight excluding hydrogens is 248 g/mol. The predicted molar refractivity (Wildman–Crippen MR) is 76.2 cm³/mol. The van der Waals surface area contributed by atoms with E-state index in [2.05, 4.69) is 34.2 Å². The van der Waals surface area contributed by atoms with Crippen LogP contribution in [0.1, 0.15) is 6.92 Å². The molecular formula is C13H17ClN4. The minimum absolute atomic E-state index is 0.692. The molecule has 2 rings (SSSR count). The van der Waals surface area contributed by atoms with Crippen molar-refractivity contribution in [2.75, 3.05) is 32.0 Å². The van der Waals surface area contributed by atoms with E-state index in [9.17, 15) is 0 Å². The minimum Gasteiger partial charge on any atom is -0.368 e. The number of fused-ring (bicyclic) bond motifs is 1. The van der Waals surface area contributed by atoms with Crippen LogP contribution >= 0.6 is 11.6 Å². The normalized spacial score (nSPS) is 11.1. The van der Waals surface area contributed by atoms with E-state index in [0.717, 1.165) is 36.4 Å². The van der Waals surface area contributed by atoms with E-state index in [1.54, 1.807) is 6.33 Å². The Kier molecular flexibility index (Phi) is 4.33.